The lowest BCUT2D eigenvalue weighted by molar-refractivity contribution is 0.102. The number of amides is 1. The van der Waals surface area contributed by atoms with Gasteiger partial charge < -0.3 is 10.4 Å². The van der Waals surface area contributed by atoms with E-state index in [1.54, 1.807) is 18.2 Å². The summed E-state index contributed by atoms with van der Waals surface area (Å²) in [6.45, 7) is 2.07. The van der Waals surface area contributed by atoms with E-state index in [9.17, 15) is 9.90 Å². The van der Waals surface area contributed by atoms with Crippen LogP contribution in [0.25, 0.3) is 0 Å². The zero-order valence-electron chi connectivity index (χ0n) is 10.4. The number of nitrogens with one attached hydrogen (secondary N) is 2. The third-order valence-electron chi connectivity index (χ3n) is 2.60. The summed E-state index contributed by atoms with van der Waals surface area (Å²) in [5.74, 6) is -0.00786. The first-order valence-electron chi connectivity index (χ1n) is 5.94. The molecule has 1 amide bonds. The van der Waals surface area contributed by atoms with E-state index in [1.165, 1.54) is 6.07 Å². The Labute approximate surface area is 119 Å². The summed E-state index contributed by atoms with van der Waals surface area (Å²) in [6.07, 6.45) is 1.88. The Bertz CT molecular complexity index is 595. The van der Waals surface area contributed by atoms with E-state index < -0.39 is 0 Å². The SMILES string of the molecule is CCCc1cc(NC(=O)c2ccc(Br)cc2O)n[nH]1. The highest BCUT2D eigenvalue weighted by Crippen LogP contribution is 2.23. The van der Waals surface area contributed by atoms with Crippen LogP contribution in [0.15, 0.2) is 28.7 Å². The number of carbonyl (C=O) groups is 1. The molecule has 1 heterocycles. The summed E-state index contributed by atoms with van der Waals surface area (Å²) in [7, 11) is 0. The van der Waals surface area contributed by atoms with Crippen molar-refractivity contribution in [2.75, 3.05) is 5.32 Å². The maximum atomic E-state index is 12.0. The van der Waals surface area contributed by atoms with Crippen molar-refractivity contribution in [2.24, 2.45) is 0 Å². The molecule has 2 rings (SSSR count). The number of benzene rings is 1. The van der Waals surface area contributed by atoms with E-state index in [0.29, 0.717) is 10.3 Å². The Kier molecular flexibility index (Phi) is 4.21. The Morgan fingerprint density at radius 2 is 2.26 bits per heavy atom. The number of aromatic nitrogens is 2. The molecule has 3 N–H and O–H groups in total. The number of hydrogen-bond donors (Lipinski definition) is 3. The lowest BCUT2D eigenvalue weighted by Crippen LogP contribution is -2.12. The molecule has 0 bridgehead atoms. The quantitative estimate of drug-likeness (QED) is 0.809. The predicted octanol–water partition coefficient (Wildman–Crippen LogP) is 3.08. The molecule has 1 aromatic carbocycles. The van der Waals surface area contributed by atoms with Crippen molar-refractivity contribution in [3.05, 3.63) is 40.0 Å². The molecule has 2 aromatic rings. The van der Waals surface area contributed by atoms with E-state index in [-0.39, 0.29) is 17.2 Å². The Morgan fingerprint density at radius 1 is 1.47 bits per heavy atom. The average molecular weight is 324 g/mol. The van der Waals surface area contributed by atoms with Crippen LogP contribution in [0, 0.1) is 0 Å². The second-order valence-corrected chi connectivity index (χ2v) is 5.06. The Hall–Kier alpha value is -1.82. The summed E-state index contributed by atoms with van der Waals surface area (Å²) < 4.78 is 0.714. The molecule has 100 valence electrons. The number of carbonyl (C=O) groups excluding carboxylic acids is 1. The number of anilines is 1. The first kappa shape index (κ1) is 13.6. The lowest BCUT2D eigenvalue weighted by atomic mass is 10.2. The topological polar surface area (TPSA) is 78.0 Å². The van der Waals surface area contributed by atoms with E-state index in [0.717, 1.165) is 18.5 Å². The van der Waals surface area contributed by atoms with Crippen LogP contribution in [0.1, 0.15) is 29.4 Å². The fraction of sp³-hybridized carbons (Fsp3) is 0.231. The number of aromatic hydroxyl groups is 1. The van der Waals surface area contributed by atoms with E-state index in [2.05, 4.69) is 38.4 Å². The average Bonchev–Trinajstić information content (AvgIpc) is 2.76. The minimum Gasteiger partial charge on any atom is -0.507 e. The number of phenolic OH excluding ortho intramolecular Hbond substituents is 1. The number of aromatic amines is 1. The molecule has 0 saturated heterocycles. The summed E-state index contributed by atoms with van der Waals surface area (Å²) in [5, 5.41) is 19.2. The van der Waals surface area contributed by atoms with E-state index in [1.807, 2.05) is 0 Å². The molecule has 6 heteroatoms. The van der Waals surface area contributed by atoms with Crippen LogP contribution in [0.2, 0.25) is 0 Å². The third kappa shape index (κ3) is 3.35. The van der Waals surface area contributed by atoms with Crippen molar-refractivity contribution in [3.63, 3.8) is 0 Å². The largest absolute Gasteiger partial charge is 0.507 e. The Morgan fingerprint density at radius 3 is 2.95 bits per heavy atom. The standard InChI is InChI=1S/C13H14BrN3O2/c1-2-3-9-7-12(17-16-9)15-13(19)10-5-4-8(14)6-11(10)18/h4-7,18H,2-3H2,1H3,(H2,15,16,17,19). The molecule has 0 aliphatic rings. The fourth-order valence-electron chi connectivity index (χ4n) is 1.70. The Balaban J connectivity index is 2.11. The van der Waals surface area contributed by atoms with Crippen molar-refractivity contribution in [2.45, 2.75) is 19.8 Å². The molecule has 0 aliphatic heterocycles. The smallest absolute Gasteiger partial charge is 0.260 e. The molecule has 0 atom stereocenters. The molecule has 19 heavy (non-hydrogen) atoms. The van der Waals surface area contributed by atoms with Gasteiger partial charge in [-0.25, -0.2) is 0 Å². The second-order valence-electron chi connectivity index (χ2n) is 4.14. The highest BCUT2D eigenvalue weighted by Gasteiger charge is 2.12. The summed E-state index contributed by atoms with van der Waals surface area (Å²) in [5.41, 5.74) is 1.18. The number of H-pyrrole nitrogens is 1. The number of aryl methyl sites for hydroxylation is 1. The van der Waals surface area contributed by atoms with Gasteiger partial charge >= 0.3 is 0 Å². The highest BCUT2D eigenvalue weighted by atomic mass is 79.9. The third-order valence-corrected chi connectivity index (χ3v) is 3.09. The van der Waals surface area contributed by atoms with Crippen LogP contribution in [0.5, 0.6) is 5.75 Å². The number of hydrogen-bond acceptors (Lipinski definition) is 3. The summed E-state index contributed by atoms with van der Waals surface area (Å²) in [6, 6.07) is 6.51. The number of rotatable bonds is 4. The first-order chi connectivity index (χ1) is 9.10. The second kappa shape index (κ2) is 5.88. The number of halogens is 1. The summed E-state index contributed by atoms with van der Waals surface area (Å²) in [4.78, 5) is 12.0. The predicted molar refractivity (Wildman–Crippen MR) is 76.3 cm³/mol. The van der Waals surface area contributed by atoms with Gasteiger partial charge in [-0.3, -0.25) is 9.89 Å². The van der Waals surface area contributed by atoms with Gasteiger partial charge in [-0.1, -0.05) is 29.3 Å². The zero-order chi connectivity index (χ0) is 13.8. The van der Waals surface area contributed by atoms with Gasteiger partial charge in [-0.05, 0) is 24.6 Å². The minimum atomic E-state index is -0.389. The molecule has 0 unspecified atom stereocenters. The first-order valence-corrected chi connectivity index (χ1v) is 6.73. The molecule has 5 nitrogen and oxygen atoms in total. The highest BCUT2D eigenvalue weighted by molar-refractivity contribution is 9.10. The monoisotopic (exact) mass is 323 g/mol. The van der Waals surface area contributed by atoms with Gasteiger partial charge in [0.25, 0.3) is 5.91 Å². The van der Waals surface area contributed by atoms with Crippen LogP contribution in [0.4, 0.5) is 5.82 Å². The molecule has 0 fully saturated rings. The molecule has 0 aliphatic carbocycles. The van der Waals surface area contributed by atoms with Crippen LogP contribution in [-0.4, -0.2) is 21.2 Å². The maximum Gasteiger partial charge on any atom is 0.260 e. The maximum absolute atomic E-state index is 12.0. The molecule has 1 aromatic heterocycles. The van der Waals surface area contributed by atoms with Gasteiger partial charge in [0.05, 0.1) is 5.56 Å². The molecule has 0 radical (unpaired) electrons. The van der Waals surface area contributed by atoms with Gasteiger partial charge in [-0.15, -0.1) is 0 Å². The minimum absolute atomic E-state index is 0.0730. The lowest BCUT2D eigenvalue weighted by Gasteiger charge is -2.04. The van der Waals surface area contributed by atoms with Gasteiger partial charge in [-0.2, -0.15) is 5.10 Å². The van der Waals surface area contributed by atoms with Gasteiger partial charge in [0.15, 0.2) is 5.82 Å². The van der Waals surface area contributed by atoms with Gasteiger partial charge in [0.1, 0.15) is 5.75 Å². The molecule has 0 spiro atoms. The van der Waals surface area contributed by atoms with E-state index >= 15 is 0 Å². The zero-order valence-corrected chi connectivity index (χ0v) is 12.0. The van der Waals surface area contributed by atoms with Crippen molar-refractivity contribution < 1.29 is 9.90 Å². The van der Waals surface area contributed by atoms with Gasteiger partial charge in [0, 0.05) is 16.2 Å². The molecular weight excluding hydrogens is 310 g/mol. The van der Waals surface area contributed by atoms with Crippen LogP contribution < -0.4 is 5.32 Å². The van der Waals surface area contributed by atoms with Crippen molar-refractivity contribution in [1.82, 2.24) is 10.2 Å². The van der Waals surface area contributed by atoms with Crippen molar-refractivity contribution >= 4 is 27.7 Å². The summed E-state index contributed by atoms with van der Waals surface area (Å²) >= 11 is 3.22. The fourth-order valence-corrected chi connectivity index (χ4v) is 2.05. The van der Waals surface area contributed by atoms with Crippen molar-refractivity contribution in [1.29, 1.82) is 0 Å². The number of nitrogens with zero attached hydrogens (tertiary/aromatic N) is 1. The van der Waals surface area contributed by atoms with Crippen LogP contribution >= 0.6 is 15.9 Å². The van der Waals surface area contributed by atoms with Crippen molar-refractivity contribution in [3.8, 4) is 5.75 Å². The molecular formula is C13H14BrN3O2. The van der Waals surface area contributed by atoms with E-state index in [4.69, 9.17) is 0 Å². The molecule has 0 saturated carbocycles. The van der Waals surface area contributed by atoms with Gasteiger partial charge in [0.2, 0.25) is 0 Å². The van der Waals surface area contributed by atoms with Crippen LogP contribution in [-0.2, 0) is 6.42 Å². The van der Waals surface area contributed by atoms with Crippen LogP contribution in [0.3, 0.4) is 0 Å². The number of phenols is 1. The normalized spacial score (nSPS) is 10.4.